The van der Waals surface area contributed by atoms with E-state index in [0.717, 1.165) is 42.6 Å². The van der Waals surface area contributed by atoms with Crippen LogP contribution in [0.4, 0.5) is 4.39 Å². The normalized spacial score (nSPS) is 15.7. The largest absolute Gasteiger partial charge is 0.305 e. The SMILES string of the molecule is Cc1cc(CCC2CCN(CCn3c(=O)ccc4ncc(F)cc43)CC2)ccc1Cl. The minimum Gasteiger partial charge on any atom is -0.305 e. The van der Waals surface area contributed by atoms with Crippen molar-refractivity contribution in [2.24, 2.45) is 5.92 Å². The number of likely N-dealkylation sites (tertiary alicyclic amines) is 1. The molecule has 1 aromatic carbocycles. The van der Waals surface area contributed by atoms with Gasteiger partial charge in [0.15, 0.2) is 0 Å². The molecule has 0 atom stereocenters. The molecule has 0 N–H and O–H groups in total. The Kier molecular flexibility index (Phi) is 6.49. The number of hydrogen-bond donors (Lipinski definition) is 0. The molecular formula is C24H27ClFN3O. The average molecular weight is 428 g/mol. The van der Waals surface area contributed by atoms with Crippen LogP contribution in [-0.4, -0.2) is 34.1 Å². The monoisotopic (exact) mass is 427 g/mol. The third-order valence-corrected chi connectivity index (χ3v) is 6.64. The number of benzene rings is 1. The first-order chi connectivity index (χ1) is 14.5. The van der Waals surface area contributed by atoms with Gasteiger partial charge in [-0.3, -0.25) is 9.78 Å². The summed E-state index contributed by atoms with van der Waals surface area (Å²) in [5, 5.41) is 0.830. The first-order valence-electron chi connectivity index (χ1n) is 10.6. The van der Waals surface area contributed by atoms with Crippen LogP contribution in [0.1, 0.15) is 30.4 Å². The van der Waals surface area contributed by atoms with Gasteiger partial charge in [-0.1, -0.05) is 23.7 Å². The third kappa shape index (κ3) is 4.90. The molecule has 4 rings (SSSR count). The average Bonchev–Trinajstić information content (AvgIpc) is 2.74. The number of aromatic nitrogens is 2. The van der Waals surface area contributed by atoms with Crippen molar-refractivity contribution in [3.05, 3.63) is 74.9 Å². The zero-order valence-electron chi connectivity index (χ0n) is 17.3. The lowest BCUT2D eigenvalue weighted by molar-refractivity contribution is 0.174. The summed E-state index contributed by atoms with van der Waals surface area (Å²) in [6.45, 7) is 5.47. The zero-order valence-corrected chi connectivity index (χ0v) is 18.0. The van der Waals surface area contributed by atoms with Gasteiger partial charge < -0.3 is 9.47 Å². The van der Waals surface area contributed by atoms with Crippen LogP contribution in [0.5, 0.6) is 0 Å². The van der Waals surface area contributed by atoms with Gasteiger partial charge in [0.05, 0.1) is 17.2 Å². The minimum absolute atomic E-state index is 0.108. The number of aryl methyl sites for hydroxylation is 2. The van der Waals surface area contributed by atoms with Gasteiger partial charge in [-0.15, -0.1) is 0 Å². The van der Waals surface area contributed by atoms with E-state index in [4.69, 9.17) is 11.6 Å². The van der Waals surface area contributed by atoms with Crippen molar-refractivity contribution in [1.82, 2.24) is 14.5 Å². The standard InChI is InChI=1S/C24H27ClFN3O/c1-17-14-19(4-5-21(17)25)3-2-18-8-10-28(11-9-18)12-13-29-23-15-20(26)16-27-22(23)6-7-24(29)30/h4-7,14-16,18H,2-3,8-13H2,1H3. The van der Waals surface area contributed by atoms with E-state index >= 15 is 0 Å². The summed E-state index contributed by atoms with van der Waals surface area (Å²) < 4.78 is 15.3. The Labute approximate surface area is 181 Å². The highest BCUT2D eigenvalue weighted by Crippen LogP contribution is 2.24. The molecular weight excluding hydrogens is 401 g/mol. The summed E-state index contributed by atoms with van der Waals surface area (Å²) in [7, 11) is 0. The van der Waals surface area contributed by atoms with E-state index in [2.05, 4.69) is 28.9 Å². The van der Waals surface area contributed by atoms with Gasteiger partial charge in [0.1, 0.15) is 5.82 Å². The molecule has 0 radical (unpaired) electrons. The second-order valence-corrected chi connectivity index (χ2v) is 8.70. The molecule has 3 heterocycles. The highest BCUT2D eigenvalue weighted by Gasteiger charge is 2.19. The van der Waals surface area contributed by atoms with E-state index in [9.17, 15) is 9.18 Å². The van der Waals surface area contributed by atoms with Crippen LogP contribution in [0, 0.1) is 18.7 Å². The van der Waals surface area contributed by atoms with Crippen molar-refractivity contribution >= 4 is 22.6 Å². The number of nitrogens with zero attached hydrogens (tertiary/aromatic N) is 3. The van der Waals surface area contributed by atoms with Crippen LogP contribution in [0.3, 0.4) is 0 Å². The lowest BCUT2D eigenvalue weighted by atomic mass is 9.90. The Morgan fingerprint density at radius 1 is 1.13 bits per heavy atom. The first kappa shape index (κ1) is 21.0. The van der Waals surface area contributed by atoms with Gasteiger partial charge in [0, 0.05) is 30.2 Å². The van der Waals surface area contributed by atoms with E-state index < -0.39 is 5.82 Å². The maximum Gasteiger partial charge on any atom is 0.251 e. The van der Waals surface area contributed by atoms with Crippen molar-refractivity contribution in [3.63, 3.8) is 0 Å². The van der Waals surface area contributed by atoms with Crippen molar-refractivity contribution in [2.45, 2.75) is 39.2 Å². The van der Waals surface area contributed by atoms with Crippen molar-refractivity contribution in [1.29, 1.82) is 0 Å². The molecule has 30 heavy (non-hydrogen) atoms. The molecule has 0 saturated carbocycles. The highest BCUT2D eigenvalue weighted by molar-refractivity contribution is 6.31. The lowest BCUT2D eigenvalue weighted by Crippen LogP contribution is -2.37. The van der Waals surface area contributed by atoms with Crippen LogP contribution in [0.25, 0.3) is 11.0 Å². The summed E-state index contributed by atoms with van der Waals surface area (Å²) in [5.74, 6) is 0.314. The number of piperidine rings is 1. The Balaban J connectivity index is 1.30. The van der Waals surface area contributed by atoms with E-state index in [1.54, 1.807) is 10.6 Å². The van der Waals surface area contributed by atoms with Crippen LogP contribution in [0.15, 0.2) is 47.4 Å². The maximum absolute atomic E-state index is 13.6. The predicted molar refractivity (Wildman–Crippen MR) is 120 cm³/mol. The number of pyridine rings is 2. The fourth-order valence-electron chi connectivity index (χ4n) is 4.35. The molecule has 2 aromatic heterocycles. The van der Waals surface area contributed by atoms with E-state index in [1.165, 1.54) is 43.2 Å². The number of fused-ring (bicyclic) bond motifs is 1. The Hall–Kier alpha value is -2.24. The van der Waals surface area contributed by atoms with Gasteiger partial charge in [-0.05, 0) is 74.9 Å². The number of halogens is 2. The molecule has 158 valence electrons. The summed E-state index contributed by atoms with van der Waals surface area (Å²) in [6.07, 6.45) is 5.82. The van der Waals surface area contributed by atoms with Gasteiger partial charge in [0.25, 0.3) is 5.56 Å². The fourth-order valence-corrected chi connectivity index (χ4v) is 4.46. The predicted octanol–water partition coefficient (Wildman–Crippen LogP) is 4.84. The molecule has 0 amide bonds. The van der Waals surface area contributed by atoms with Crippen LogP contribution in [-0.2, 0) is 13.0 Å². The van der Waals surface area contributed by atoms with Gasteiger partial charge in [0.2, 0.25) is 0 Å². The molecule has 1 aliphatic rings. The molecule has 0 bridgehead atoms. The third-order valence-electron chi connectivity index (χ3n) is 6.22. The van der Waals surface area contributed by atoms with Gasteiger partial charge in [-0.25, -0.2) is 4.39 Å². The van der Waals surface area contributed by atoms with Crippen LogP contribution >= 0.6 is 11.6 Å². The highest BCUT2D eigenvalue weighted by atomic mass is 35.5. The van der Waals surface area contributed by atoms with Crippen LogP contribution < -0.4 is 5.56 Å². The fraction of sp³-hybridized carbons (Fsp3) is 0.417. The maximum atomic E-state index is 13.6. The Morgan fingerprint density at radius 3 is 2.70 bits per heavy atom. The summed E-state index contributed by atoms with van der Waals surface area (Å²) in [5.41, 5.74) is 3.60. The molecule has 3 aromatic rings. The zero-order chi connectivity index (χ0) is 21.1. The topological polar surface area (TPSA) is 38.1 Å². The van der Waals surface area contributed by atoms with E-state index in [0.29, 0.717) is 17.6 Å². The molecule has 6 heteroatoms. The summed E-state index contributed by atoms with van der Waals surface area (Å²) in [4.78, 5) is 18.8. The molecule has 0 unspecified atom stereocenters. The molecule has 4 nitrogen and oxygen atoms in total. The first-order valence-corrected chi connectivity index (χ1v) is 11.0. The van der Waals surface area contributed by atoms with Gasteiger partial charge in [-0.2, -0.15) is 0 Å². The second-order valence-electron chi connectivity index (χ2n) is 8.29. The smallest absolute Gasteiger partial charge is 0.251 e. The summed E-state index contributed by atoms with van der Waals surface area (Å²) in [6, 6.07) is 10.9. The molecule has 0 aliphatic carbocycles. The Morgan fingerprint density at radius 2 is 1.93 bits per heavy atom. The lowest BCUT2D eigenvalue weighted by Gasteiger charge is -2.32. The van der Waals surface area contributed by atoms with Gasteiger partial charge >= 0.3 is 0 Å². The van der Waals surface area contributed by atoms with Crippen molar-refractivity contribution < 1.29 is 4.39 Å². The summed E-state index contributed by atoms with van der Waals surface area (Å²) >= 11 is 6.12. The van der Waals surface area contributed by atoms with Crippen molar-refractivity contribution in [2.75, 3.05) is 19.6 Å². The molecule has 1 saturated heterocycles. The number of rotatable bonds is 6. The molecule has 1 aliphatic heterocycles. The second kappa shape index (κ2) is 9.27. The quantitative estimate of drug-likeness (QED) is 0.564. The Bertz CT molecular complexity index is 1090. The molecule has 0 spiro atoms. The van der Waals surface area contributed by atoms with E-state index in [1.807, 2.05) is 6.07 Å². The minimum atomic E-state index is -0.418. The van der Waals surface area contributed by atoms with Crippen LogP contribution in [0.2, 0.25) is 5.02 Å². The van der Waals surface area contributed by atoms with E-state index in [-0.39, 0.29) is 5.56 Å². The number of hydrogen-bond acceptors (Lipinski definition) is 3. The molecule has 1 fully saturated rings. The van der Waals surface area contributed by atoms with Crippen molar-refractivity contribution in [3.8, 4) is 0 Å².